The summed E-state index contributed by atoms with van der Waals surface area (Å²) in [6.07, 6.45) is -3.11. The van der Waals surface area contributed by atoms with Gasteiger partial charge < -0.3 is 25.7 Å². The zero-order valence-electron chi connectivity index (χ0n) is 16.1. The fourth-order valence-corrected chi connectivity index (χ4v) is 3.01. The van der Waals surface area contributed by atoms with E-state index in [-0.39, 0.29) is 23.2 Å². The normalized spacial score (nSPS) is 12.7. The quantitative estimate of drug-likeness (QED) is 0.454. The zero-order valence-corrected chi connectivity index (χ0v) is 16.1. The molecule has 29 heavy (non-hydrogen) atoms. The lowest BCUT2D eigenvalue weighted by atomic mass is 9.88. The van der Waals surface area contributed by atoms with E-state index >= 15 is 0 Å². The summed E-state index contributed by atoms with van der Waals surface area (Å²) >= 11 is 0. The number of anilines is 2. The molecule has 0 aliphatic carbocycles. The lowest BCUT2D eigenvalue weighted by molar-refractivity contribution is -0.274. The number of alkyl halides is 3. The van der Waals surface area contributed by atoms with Gasteiger partial charge in [-0.1, -0.05) is 13.8 Å². The highest BCUT2D eigenvalue weighted by atomic mass is 19.4. The van der Waals surface area contributed by atoms with Crippen LogP contribution in [-0.4, -0.2) is 33.9 Å². The molecule has 0 aliphatic heterocycles. The van der Waals surface area contributed by atoms with Crippen molar-refractivity contribution in [3.05, 3.63) is 47.7 Å². The molecule has 2 aromatic rings. The highest BCUT2D eigenvalue weighted by Gasteiger charge is 2.31. The zero-order chi connectivity index (χ0) is 21.6. The molecule has 158 valence electrons. The van der Waals surface area contributed by atoms with Gasteiger partial charge in [-0.15, -0.1) is 13.2 Å². The topological polar surface area (TPSA) is 98.5 Å². The number of halogens is 3. The van der Waals surface area contributed by atoms with Crippen molar-refractivity contribution in [1.29, 1.82) is 5.41 Å². The molecule has 6 nitrogen and oxygen atoms in total. The summed E-state index contributed by atoms with van der Waals surface area (Å²) in [7, 11) is 0. The number of ether oxygens (including phenoxy) is 1. The summed E-state index contributed by atoms with van der Waals surface area (Å²) in [4.78, 5) is 4.25. The molecular weight excluding hydrogens is 387 g/mol. The predicted octanol–water partition coefficient (Wildman–Crippen LogP) is 4.55. The first-order valence-corrected chi connectivity index (χ1v) is 9.19. The van der Waals surface area contributed by atoms with Gasteiger partial charge in [0, 0.05) is 29.1 Å². The minimum atomic E-state index is -4.77. The van der Waals surface area contributed by atoms with Crippen LogP contribution in [-0.2, 0) is 0 Å². The van der Waals surface area contributed by atoms with E-state index in [9.17, 15) is 23.4 Å². The van der Waals surface area contributed by atoms with Gasteiger partial charge in [0.25, 0.3) is 0 Å². The molecule has 0 spiro atoms. The van der Waals surface area contributed by atoms with E-state index in [2.05, 4.69) is 15.0 Å². The Morgan fingerprint density at radius 1 is 1.17 bits per heavy atom. The summed E-state index contributed by atoms with van der Waals surface area (Å²) in [5, 5.41) is 31.2. The molecule has 1 aromatic carbocycles. The average molecular weight is 411 g/mol. The number of aliphatic hydroxyl groups is 2. The SMILES string of the molecule is CCC(CC)C(=N)c1c(C(O)CO)ccnc1Nc1ccc(OC(F)(F)F)cc1. The van der Waals surface area contributed by atoms with Gasteiger partial charge in [-0.2, -0.15) is 0 Å². The van der Waals surface area contributed by atoms with Crippen molar-refractivity contribution >= 4 is 17.2 Å². The van der Waals surface area contributed by atoms with Gasteiger partial charge in [-0.25, -0.2) is 4.98 Å². The van der Waals surface area contributed by atoms with E-state index in [1.807, 2.05) is 13.8 Å². The number of pyridine rings is 1. The Kier molecular flexibility index (Phi) is 7.58. The van der Waals surface area contributed by atoms with E-state index in [4.69, 9.17) is 5.41 Å². The number of aliphatic hydroxyl groups excluding tert-OH is 2. The predicted molar refractivity (Wildman–Crippen MR) is 104 cm³/mol. The maximum atomic E-state index is 12.3. The van der Waals surface area contributed by atoms with Gasteiger partial charge >= 0.3 is 6.36 Å². The fourth-order valence-electron chi connectivity index (χ4n) is 3.01. The molecule has 0 radical (unpaired) electrons. The van der Waals surface area contributed by atoms with Crippen molar-refractivity contribution in [2.75, 3.05) is 11.9 Å². The van der Waals surface area contributed by atoms with Gasteiger partial charge in [0.05, 0.1) is 6.61 Å². The molecule has 0 aliphatic rings. The molecule has 0 saturated carbocycles. The minimum absolute atomic E-state index is 0.0769. The molecule has 2 rings (SSSR count). The van der Waals surface area contributed by atoms with Crippen molar-refractivity contribution in [1.82, 2.24) is 4.98 Å². The van der Waals surface area contributed by atoms with E-state index in [1.165, 1.54) is 18.3 Å². The molecule has 1 atom stereocenters. The first-order valence-electron chi connectivity index (χ1n) is 9.19. The number of rotatable bonds is 9. The third kappa shape index (κ3) is 5.91. The van der Waals surface area contributed by atoms with Crippen LogP contribution in [0.15, 0.2) is 36.5 Å². The van der Waals surface area contributed by atoms with Gasteiger partial charge in [0.2, 0.25) is 0 Å². The molecule has 1 heterocycles. The molecule has 1 unspecified atom stereocenters. The van der Waals surface area contributed by atoms with Gasteiger partial charge in [0.1, 0.15) is 17.7 Å². The van der Waals surface area contributed by atoms with Crippen molar-refractivity contribution in [3.8, 4) is 5.75 Å². The van der Waals surface area contributed by atoms with Crippen LogP contribution in [0.5, 0.6) is 5.75 Å². The Labute approximate surface area is 166 Å². The Bertz CT molecular complexity index is 822. The smallest absolute Gasteiger partial charge is 0.406 e. The van der Waals surface area contributed by atoms with E-state index < -0.39 is 19.1 Å². The highest BCUT2D eigenvalue weighted by molar-refractivity contribution is 6.05. The van der Waals surface area contributed by atoms with Crippen molar-refractivity contribution in [3.63, 3.8) is 0 Å². The standard InChI is InChI=1S/C20H24F3N3O3/c1-3-12(4-2)18(24)17-15(16(28)11-27)9-10-25-19(17)26-13-5-7-14(8-6-13)29-20(21,22)23/h5-10,12,16,24,27-28H,3-4,11H2,1-2H3,(H,25,26). The molecule has 0 saturated heterocycles. The van der Waals surface area contributed by atoms with Crippen LogP contribution in [0.1, 0.15) is 43.9 Å². The number of aromatic nitrogens is 1. The Hall–Kier alpha value is -2.65. The van der Waals surface area contributed by atoms with Gasteiger partial charge in [-0.3, -0.25) is 0 Å². The van der Waals surface area contributed by atoms with E-state index in [0.717, 1.165) is 12.1 Å². The van der Waals surface area contributed by atoms with Crippen molar-refractivity contribution in [2.45, 2.75) is 39.2 Å². The summed E-state index contributed by atoms with van der Waals surface area (Å²) in [5.74, 6) is -0.159. The molecule has 9 heteroatoms. The number of hydrogen-bond donors (Lipinski definition) is 4. The summed E-state index contributed by atoms with van der Waals surface area (Å²) in [6.45, 7) is 3.39. The van der Waals surface area contributed by atoms with Crippen LogP contribution in [0, 0.1) is 11.3 Å². The first kappa shape index (κ1) is 22.6. The van der Waals surface area contributed by atoms with Crippen LogP contribution in [0.3, 0.4) is 0 Å². The lowest BCUT2D eigenvalue weighted by Gasteiger charge is -2.22. The lowest BCUT2D eigenvalue weighted by Crippen LogP contribution is -2.20. The molecule has 0 bridgehead atoms. The second-order valence-electron chi connectivity index (χ2n) is 6.45. The number of nitrogens with one attached hydrogen (secondary N) is 2. The monoisotopic (exact) mass is 411 g/mol. The van der Waals surface area contributed by atoms with Crippen molar-refractivity contribution < 1.29 is 28.1 Å². The van der Waals surface area contributed by atoms with E-state index in [1.54, 1.807) is 6.07 Å². The van der Waals surface area contributed by atoms with Crippen LogP contribution >= 0.6 is 0 Å². The summed E-state index contributed by atoms with van der Waals surface area (Å²) in [5.41, 5.74) is 1.43. The van der Waals surface area contributed by atoms with Crippen LogP contribution < -0.4 is 10.1 Å². The minimum Gasteiger partial charge on any atom is -0.406 e. The van der Waals surface area contributed by atoms with Crippen LogP contribution in [0.2, 0.25) is 0 Å². The van der Waals surface area contributed by atoms with Crippen molar-refractivity contribution in [2.24, 2.45) is 5.92 Å². The number of nitrogens with zero attached hydrogens (tertiary/aromatic N) is 1. The largest absolute Gasteiger partial charge is 0.573 e. The summed E-state index contributed by atoms with van der Waals surface area (Å²) in [6, 6.07) is 6.64. The Morgan fingerprint density at radius 3 is 2.31 bits per heavy atom. The highest BCUT2D eigenvalue weighted by Crippen LogP contribution is 2.31. The third-order valence-corrected chi connectivity index (χ3v) is 4.53. The first-order chi connectivity index (χ1) is 13.7. The van der Waals surface area contributed by atoms with Gasteiger partial charge in [0.15, 0.2) is 0 Å². The third-order valence-electron chi connectivity index (χ3n) is 4.53. The maximum absolute atomic E-state index is 12.3. The fraction of sp³-hybridized carbons (Fsp3) is 0.400. The van der Waals surface area contributed by atoms with Crippen LogP contribution in [0.4, 0.5) is 24.7 Å². The second kappa shape index (κ2) is 9.71. The molecule has 4 N–H and O–H groups in total. The maximum Gasteiger partial charge on any atom is 0.573 e. The second-order valence-corrected chi connectivity index (χ2v) is 6.45. The van der Waals surface area contributed by atoms with Gasteiger partial charge in [-0.05, 0) is 48.7 Å². The molecule has 1 aromatic heterocycles. The molecule has 0 amide bonds. The number of hydrogen-bond acceptors (Lipinski definition) is 6. The Morgan fingerprint density at radius 2 is 1.79 bits per heavy atom. The van der Waals surface area contributed by atoms with E-state index in [0.29, 0.717) is 29.7 Å². The Balaban J connectivity index is 2.40. The number of benzene rings is 1. The summed E-state index contributed by atoms with van der Waals surface area (Å²) < 4.78 is 40.8. The average Bonchev–Trinajstić information content (AvgIpc) is 2.68. The van der Waals surface area contributed by atoms with Crippen LogP contribution in [0.25, 0.3) is 0 Å². The molecular formula is C20H24F3N3O3. The molecule has 0 fully saturated rings.